The number of rotatable bonds is 4. The molecule has 2 aromatic rings. The summed E-state index contributed by atoms with van der Waals surface area (Å²) in [5.41, 5.74) is 7.18. The van der Waals surface area contributed by atoms with Gasteiger partial charge >= 0.3 is 0 Å². The summed E-state index contributed by atoms with van der Waals surface area (Å²) in [5, 5.41) is 4.01. The van der Waals surface area contributed by atoms with Crippen LogP contribution in [-0.2, 0) is 0 Å². The van der Waals surface area contributed by atoms with E-state index >= 15 is 0 Å². The summed E-state index contributed by atoms with van der Waals surface area (Å²) in [5.74, 6) is -0.369. The lowest BCUT2D eigenvalue weighted by atomic mass is 10.2. The van der Waals surface area contributed by atoms with Crippen LogP contribution in [0.1, 0.15) is 6.92 Å². The van der Waals surface area contributed by atoms with Crippen LogP contribution in [0.4, 0.5) is 21.5 Å². The highest BCUT2D eigenvalue weighted by Crippen LogP contribution is 2.33. The van der Waals surface area contributed by atoms with Crippen molar-refractivity contribution in [3.63, 3.8) is 0 Å². The number of ether oxygens (including phenoxy) is 1. The van der Waals surface area contributed by atoms with E-state index in [2.05, 4.69) is 5.32 Å². The molecular weight excluding hydrogens is 302 g/mol. The number of anilines is 3. The van der Waals surface area contributed by atoms with Gasteiger partial charge in [-0.05, 0) is 25.1 Å². The minimum Gasteiger partial charge on any atom is -0.491 e. The van der Waals surface area contributed by atoms with Crippen molar-refractivity contribution in [3.05, 3.63) is 46.2 Å². The van der Waals surface area contributed by atoms with Gasteiger partial charge in [0.15, 0.2) is 11.6 Å². The van der Waals surface area contributed by atoms with Crippen molar-refractivity contribution in [2.45, 2.75) is 6.92 Å². The first-order valence-corrected chi connectivity index (χ1v) is 6.70. The van der Waals surface area contributed by atoms with Crippen LogP contribution in [0.15, 0.2) is 30.3 Å². The normalized spacial score (nSPS) is 10.4. The molecule has 0 heterocycles. The maximum atomic E-state index is 13.6. The van der Waals surface area contributed by atoms with Crippen LogP contribution in [0.5, 0.6) is 5.75 Å². The number of nitrogens with two attached hydrogens (primary N) is 1. The highest BCUT2D eigenvalue weighted by molar-refractivity contribution is 6.36. The van der Waals surface area contributed by atoms with Gasteiger partial charge in [-0.1, -0.05) is 23.2 Å². The number of nitrogen functional groups attached to an aromatic ring is 1. The quantitative estimate of drug-likeness (QED) is 0.792. The molecule has 0 saturated heterocycles. The summed E-state index contributed by atoms with van der Waals surface area (Å²) in [4.78, 5) is 0. The molecule has 2 rings (SSSR count). The molecule has 0 amide bonds. The van der Waals surface area contributed by atoms with E-state index in [0.717, 1.165) is 0 Å². The summed E-state index contributed by atoms with van der Waals surface area (Å²) in [7, 11) is 0. The molecule has 0 saturated carbocycles. The van der Waals surface area contributed by atoms with Crippen LogP contribution in [0, 0.1) is 5.82 Å². The molecule has 6 heteroatoms. The maximum Gasteiger partial charge on any atom is 0.167 e. The Morgan fingerprint density at radius 3 is 2.60 bits per heavy atom. The van der Waals surface area contributed by atoms with Gasteiger partial charge in [0, 0.05) is 17.2 Å². The Balaban J connectivity index is 2.35. The van der Waals surface area contributed by atoms with Gasteiger partial charge < -0.3 is 15.8 Å². The van der Waals surface area contributed by atoms with Crippen LogP contribution < -0.4 is 15.8 Å². The van der Waals surface area contributed by atoms with Gasteiger partial charge in [0.2, 0.25) is 0 Å². The largest absolute Gasteiger partial charge is 0.491 e. The van der Waals surface area contributed by atoms with Gasteiger partial charge in [0.1, 0.15) is 0 Å². The van der Waals surface area contributed by atoms with Crippen LogP contribution in [0.2, 0.25) is 10.0 Å². The van der Waals surface area contributed by atoms with E-state index in [-0.39, 0.29) is 11.4 Å². The Labute approximate surface area is 126 Å². The van der Waals surface area contributed by atoms with Crippen molar-refractivity contribution in [2.24, 2.45) is 0 Å². The van der Waals surface area contributed by atoms with Crippen LogP contribution in [-0.4, -0.2) is 6.61 Å². The number of benzene rings is 2. The average molecular weight is 315 g/mol. The summed E-state index contributed by atoms with van der Waals surface area (Å²) in [6.07, 6.45) is 0. The number of hydrogen-bond donors (Lipinski definition) is 2. The molecule has 0 spiro atoms. The molecule has 0 aliphatic rings. The van der Waals surface area contributed by atoms with Gasteiger partial charge in [-0.25, -0.2) is 4.39 Å². The SMILES string of the molecule is CCOc1cc(Nc2ccc(Cl)cc2Cl)c(N)cc1F. The lowest BCUT2D eigenvalue weighted by Gasteiger charge is -2.13. The summed E-state index contributed by atoms with van der Waals surface area (Å²) >= 11 is 11.9. The Morgan fingerprint density at radius 2 is 1.95 bits per heavy atom. The van der Waals surface area contributed by atoms with E-state index in [1.165, 1.54) is 12.1 Å². The third-order valence-electron chi connectivity index (χ3n) is 2.60. The molecule has 106 valence electrons. The molecule has 0 fully saturated rings. The first-order chi connectivity index (χ1) is 9.51. The van der Waals surface area contributed by atoms with Gasteiger partial charge in [-0.2, -0.15) is 0 Å². The highest BCUT2D eigenvalue weighted by atomic mass is 35.5. The van der Waals surface area contributed by atoms with Crippen molar-refractivity contribution in [2.75, 3.05) is 17.7 Å². The molecule has 0 aromatic heterocycles. The van der Waals surface area contributed by atoms with Gasteiger partial charge in [0.25, 0.3) is 0 Å². The van der Waals surface area contributed by atoms with Crippen molar-refractivity contribution in [1.82, 2.24) is 0 Å². The molecule has 0 bridgehead atoms. The van der Waals surface area contributed by atoms with Crippen LogP contribution in [0.25, 0.3) is 0 Å². The van der Waals surface area contributed by atoms with Crippen molar-refractivity contribution in [3.8, 4) is 5.75 Å². The summed E-state index contributed by atoms with van der Waals surface area (Å²) < 4.78 is 18.8. The standard InChI is InChI=1S/C14H13Cl2FN2O/c1-2-20-14-7-13(11(18)6-10(14)17)19-12-4-3-8(15)5-9(12)16/h3-7,19H,2,18H2,1H3. The zero-order valence-electron chi connectivity index (χ0n) is 10.7. The first-order valence-electron chi connectivity index (χ1n) is 5.95. The second-order valence-corrected chi connectivity index (χ2v) is 4.90. The molecule has 0 unspecified atom stereocenters. The molecule has 20 heavy (non-hydrogen) atoms. The molecule has 0 aliphatic heterocycles. The predicted octanol–water partition coefficient (Wildman–Crippen LogP) is 4.86. The van der Waals surface area contributed by atoms with Crippen LogP contribution in [0.3, 0.4) is 0 Å². The third-order valence-corrected chi connectivity index (χ3v) is 3.15. The van der Waals surface area contributed by atoms with E-state index in [4.69, 9.17) is 33.7 Å². The second kappa shape index (κ2) is 6.20. The van der Waals surface area contributed by atoms with Crippen molar-refractivity contribution < 1.29 is 9.13 Å². The number of hydrogen-bond acceptors (Lipinski definition) is 3. The highest BCUT2D eigenvalue weighted by Gasteiger charge is 2.10. The maximum absolute atomic E-state index is 13.6. The fourth-order valence-corrected chi connectivity index (χ4v) is 2.13. The average Bonchev–Trinajstić information content (AvgIpc) is 2.38. The van der Waals surface area contributed by atoms with E-state index < -0.39 is 5.82 Å². The topological polar surface area (TPSA) is 47.3 Å². The van der Waals surface area contributed by atoms with Crippen LogP contribution >= 0.6 is 23.2 Å². The molecule has 2 aromatic carbocycles. The predicted molar refractivity (Wildman–Crippen MR) is 81.7 cm³/mol. The number of halogens is 3. The lowest BCUT2D eigenvalue weighted by Crippen LogP contribution is -2.01. The minimum absolute atomic E-state index is 0.134. The minimum atomic E-state index is -0.503. The smallest absolute Gasteiger partial charge is 0.167 e. The Morgan fingerprint density at radius 1 is 1.20 bits per heavy atom. The Kier molecular flexibility index (Phi) is 4.57. The van der Waals surface area contributed by atoms with E-state index in [1.807, 2.05) is 0 Å². The summed E-state index contributed by atoms with van der Waals surface area (Å²) in [6.45, 7) is 2.14. The van der Waals surface area contributed by atoms with Gasteiger partial charge in [-0.15, -0.1) is 0 Å². The Hall–Kier alpha value is -1.65. The van der Waals surface area contributed by atoms with Gasteiger partial charge in [0.05, 0.1) is 28.7 Å². The fourth-order valence-electron chi connectivity index (χ4n) is 1.68. The lowest BCUT2D eigenvalue weighted by molar-refractivity contribution is 0.322. The molecule has 0 atom stereocenters. The van der Waals surface area contributed by atoms with E-state index in [0.29, 0.717) is 28.0 Å². The van der Waals surface area contributed by atoms with Crippen molar-refractivity contribution in [1.29, 1.82) is 0 Å². The molecule has 0 radical (unpaired) electrons. The molecule has 3 N–H and O–H groups in total. The number of nitrogens with one attached hydrogen (secondary N) is 1. The van der Waals surface area contributed by atoms with Crippen molar-refractivity contribution >= 4 is 40.3 Å². The van der Waals surface area contributed by atoms with E-state index in [9.17, 15) is 4.39 Å². The van der Waals surface area contributed by atoms with E-state index in [1.54, 1.807) is 25.1 Å². The molecular formula is C14H13Cl2FN2O. The summed E-state index contributed by atoms with van der Waals surface area (Å²) in [6, 6.07) is 7.72. The zero-order chi connectivity index (χ0) is 14.7. The Bertz CT molecular complexity index is 635. The fraction of sp³-hybridized carbons (Fsp3) is 0.143. The van der Waals surface area contributed by atoms with Gasteiger partial charge in [-0.3, -0.25) is 0 Å². The molecule has 0 aliphatic carbocycles. The first kappa shape index (κ1) is 14.8. The zero-order valence-corrected chi connectivity index (χ0v) is 12.2. The molecule has 3 nitrogen and oxygen atoms in total. The monoisotopic (exact) mass is 314 g/mol. The second-order valence-electron chi connectivity index (χ2n) is 4.05. The third kappa shape index (κ3) is 3.26.